The van der Waals surface area contributed by atoms with E-state index in [1.54, 1.807) is 6.07 Å². The normalized spacial score (nSPS) is 11.2. The number of hydrogen-bond donors (Lipinski definition) is 2. The zero-order valence-electron chi connectivity index (χ0n) is 12.5. The van der Waals surface area contributed by atoms with Crippen LogP contribution in [-0.4, -0.2) is 29.7 Å². The van der Waals surface area contributed by atoms with Gasteiger partial charge in [-0.15, -0.1) is 0 Å². The molecular formula is C16H26O4. The first kappa shape index (κ1) is 16.8. The van der Waals surface area contributed by atoms with Crippen LogP contribution >= 0.6 is 0 Å². The lowest BCUT2D eigenvalue weighted by Gasteiger charge is -2.16. The molecule has 0 radical (unpaired) electrons. The fraction of sp³-hybridized carbons (Fsp3) is 0.625. The second-order valence-electron chi connectivity index (χ2n) is 4.72. The lowest BCUT2D eigenvalue weighted by Crippen LogP contribution is -2.17. The van der Waals surface area contributed by atoms with Crippen molar-refractivity contribution in [2.75, 3.05) is 13.2 Å². The van der Waals surface area contributed by atoms with Gasteiger partial charge in [0, 0.05) is 13.2 Å². The SMILES string of the molecule is CCOC(CCCCCc1cccc(O)c1O)OCC. The Labute approximate surface area is 121 Å². The second kappa shape index (κ2) is 9.61. The minimum atomic E-state index is -0.0980. The smallest absolute Gasteiger partial charge is 0.160 e. The third-order valence-electron chi connectivity index (χ3n) is 3.19. The van der Waals surface area contributed by atoms with E-state index in [-0.39, 0.29) is 17.8 Å². The molecule has 0 aromatic heterocycles. The first-order valence-electron chi connectivity index (χ1n) is 7.42. The van der Waals surface area contributed by atoms with E-state index >= 15 is 0 Å². The molecule has 0 saturated carbocycles. The highest BCUT2D eigenvalue weighted by Crippen LogP contribution is 2.29. The van der Waals surface area contributed by atoms with E-state index in [1.165, 1.54) is 6.07 Å². The fourth-order valence-corrected chi connectivity index (χ4v) is 2.17. The van der Waals surface area contributed by atoms with Crippen LogP contribution in [0.5, 0.6) is 11.5 Å². The van der Waals surface area contributed by atoms with Gasteiger partial charge in [0.25, 0.3) is 0 Å². The predicted octanol–water partition coefficient (Wildman–Crippen LogP) is 3.60. The molecule has 0 amide bonds. The van der Waals surface area contributed by atoms with Gasteiger partial charge in [-0.1, -0.05) is 18.6 Å². The Hall–Kier alpha value is -1.26. The number of aryl methyl sites for hydroxylation is 1. The maximum absolute atomic E-state index is 9.69. The van der Waals surface area contributed by atoms with Gasteiger partial charge in [-0.3, -0.25) is 0 Å². The number of hydrogen-bond acceptors (Lipinski definition) is 4. The highest BCUT2D eigenvalue weighted by molar-refractivity contribution is 5.44. The molecule has 0 heterocycles. The Kier molecular flexibility index (Phi) is 8.07. The van der Waals surface area contributed by atoms with Crippen LogP contribution in [0.25, 0.3) is 0 Å². The van der Waals surface area contributed by atoms with Crippen LogP contribution in [0, 0.1) is 0 Å². The number of ether oxygens (including phenoxy) is 2. The van der Waals surface area contributed by atoms with E-state index in [1.807, 2.05) is 19.9 Å². The summed E-state index contributed by atoms with van der Waals surface area (Å²) in [6.07, 6.45) is 4.62. The summed E-state index contributed by atoms with van der Waals surface area (Å²) in [6.45, 7) is 5.27. The summed E-state index contributed by atoms with van der Waals surface area (Å²) in [6, 6.07) is 5.09. The van der Waals surface area contributed by atoms with Gasteiger partial charge in [0.05, 0.1) is 0 Å². The molecule has 1 aromatic carbocycles. The first-order chi connectivity index (χ1) is 9.69. The first-order valence-corrected chi connectivity index (χ1v) is 7.42. The van der Waals surface area contributed by atoms with Crippen molar-refractivity contribution in [3.63, 3.8) is 0 Å². The molecule has 0 saturated heterocycles. The maximum Gasteiger partial charge on any atom is 0.160 e. The Bertz CT molecular complexity index is 373. The zero-order valence-corrected chi connectivity index (χ0v) is 12.5. The van der Waals surface area contributed by atoms with E-state index in [9.17, 15) is 10.2 Å². The molecule has 0 aliphatic heterocycles. The average molecular weight is 282 g/mol. The molecule has 114 valence electrons. The third-order valence-corrected chi connectivity index (χ3v) is 3.19. The van der Waals surface area contributed by atoms with Gasteiger partial charge in [0.2, 0.25) is 0 Å². The molecule has 0 aliphatic carbocycles. The largest absolute Gasteiger partial charge is 0.504 e. The van der Waals surface area contributed by atoms with Crippen molar-refractivity contribution < 1.29 is 19.7 Å². The molecule has 0 atom stereocenters. The van der Waals surface area contributed by atoms with E-state index < -0.39 is 0 Å². The lowest BCUT2D eigenvalue weighted by molar-refractivity contribution is -0.140. The van der Waals surface area contributed by atoms with Gasteiger partial charge in [-0.05, 0) is 51.2 Å². The van der Waals surface area contributed by atoms with Crippen molar-refractivity contribution >= 4 is 0 Å². The van der Waals surface area contributed by atoms with Crippen LogP contribution in [0.1, 0.15) is 45.1 Å². The summed E-state index contributed by atoms with van der Waals surface area (Å²) in [5.74, 6) is -0.0377. The van der Waals surface area contributed by atoms with E-state index in [4.69, 9.17) is 9.47 Å². The minimum Gasteiger partial charge on any atom is -0.504 e. The number of phenols is 2. The van der Waals surface area contributed by atoms with Gasteiger partial charge in [-0.25, -0.2) is 0 Å². The Morgan fingerprint density at radius 2 is 1.70 bits per heavy atom. The molecule has 4 nitrogen and oxygen atoms in total. The van der Waals surface area contributed by atoms with Crippen molar-refractivity contribution in [2.45, 2.75) is 52.2 Å². The van der Waals surface area contributed by atoms with Crippen molar-refractivity contribution in [3.05, 3.63) is 23.8 Å². The van der Waals surface area contributed by atoms with Crippen LogP contribution in [0.2, 0.25) is 0 Å². The van der Waals surface area contributed by atoms with Crippen molar-refractivity contribution in [1.29, 1.82) is 0 Å². The average Bonchev–Trinajstić information content (AvgIpc) is 2.43. The zero-order chi connectivity index (χ0) is 14.8. The summed E-state index contributed by atoms with van der Waals surface area (Å²) >= 11 is 0. The predicted molar refractivity (Wildman–Crippen MR) is 79.0 cm³/mol. The number of unbranched alkanes of at least 4 members (excludes halogenated alkanes) is 2. The molecule has 1 rings (SSSR count). The topological polar surface area (TPSA) is 58.9 Å². The monoisotopic (exact) mass is 282 g/mol. The molecule has 20 heavy (non-hydrogen) atoms. The van der Waals surface area contributed by atoms with Gasteiger partial charge >= 0.3 is 0 Å². The van der Waals surface area contributed by atoms with Gasteiger partial charge in [0.1, 0.15) is 0 Å². The number of phenolic OH excluding ortho intramolecular Hbond substituents is 2. The number of benzene rings is 1. The Morgan fingerprint density at radius 3 is 2.35 bits per heavy atom. The lowest BCUT2D eigenvalue weighted by atomic mass is 10.0. The van der Waals surface area contributed by atoms with Gasteiger partial charge in [-0.2, -0.15) is 0 Å². The number of rotatable bonds is 10. The number of aromatic hydroxyl groups is 2. The van der Waals surface area contributed by atoms with Gasteiger partial charge in [0.15, 0.2) is 17.8 Å². The van der Waals surface area contributed by atoms with E-state index in [0.717, 1.165) is 37.7 Å². The third kappa shape index (κ3) is 5.80. The Balaban J connectivity index is 2.22. The molecule has 0 unspecified atom stereocenters. The van der Waals surface area contributed by atoms with Crippen LogP contribution in [0.15, 0.2) is 18.2 Å². The van der Waals surface area contributed by atoms with E-state index in [2.05, 4.69) is 0 Å². The highest BCUT2D eigenvalue weighted by atomic mass is 16.7. The summed E-state index contributed by atoms with van der Waals surface area (Å²) in [4.78, 5) is 0. The molecule has 0 aliphatic rings. The van der Waals surface area contributed by atoms with Crippen LogP contribution in [-0.2, 0) is 15.9 Å². The maximum atomic E-state index is 9.69. The number of para-hydroxylation sites is 1. The van der Waals surface area contributed by atoms with Crippen molar-refractivity contribution in [1.82, 2.24) is 0 Å². The summed E-state index contributed by atoms with van der Waals surface area (Å²) in [5.41, 5.74) is 0.802. The van der Waals surface area contributed by atoms with Crippen LogP contribution in [0.3, 0.4) is 0 Å². The quantitative estimate of drug-likeness (QED) is 0.391. The summed E-state index contributed by atoms with van der Waals surface area (Å²) < 4.78 is 11.0. The molecule has 2 N–H and O–H groups in total. The van der Waals surface area contributed by atoms with Crippen LogP contribution in [0.4, 0.5) is 0 Å². The van der Waals surface area contributed by atoms with Gasteiger partial charge < -0.3 is 19.7 Å². The standard InChI is InChI=1S/C16H26O4/c1-3-19-15(20-4-2)12-7-5-6-9-13-10-8-11-14(17)16(13)18/h8,10-11,15,17-18H,3-7,9,12H2,1-2H3. The summed E-state index contributed by atoms with van der Waals surface area (Å²) in [5, 5.41) is 19.1. The molecule has 1 aromatic rings. The second-order valence-corrected chi connectivity index (χ2v) is 4.72. The summed E-state index contributed by atoms with van der Waals surface area (Å²) in [7, 11) is 0. The molecule has 0 bridgehead atoms. The molecular weight excluding hydrogens is 256 g/mol. The van der Waals surface area contributed by atoms with Crippen LogP contribution < -0.4 is 0 Å². The molecule has 0 spiro atoms. The fourth-order valence-electron chi connectivity index (χ4n) is 2.17. The van der Waals surface area contributed by atoms with Crippen molar-refractivity contribution in [2.24, 2.45) is 0 Å². The molecule has 4 heteroatoms. The van der Waals surface area contributed by atoms with E-state index in [0.29, 0.717) is 13.2 Å². The highest BCUT2D eigenvalue weighted by Gasteiger charge is 2.08. The van der Waals surface area contributed by atoms with Crippen molar-refractivity contribution in [3.8, 4) is 11.5 Å². The Morgan fingerprint density at radius 1 is 1.00 bits per heavy atom. The molecule has 0 fully saturated rings. The minimum absolute atomic E-state index is 0.00834.